The number of halogens is 1. The highest BCUT2D eigenvalue weighted by molar-refractivity contribution is 6.35. The topological polar surface area (TPSA) is 66.0 Å². The first kappa shape index (κ1) is 9.66. The Kier molecular flexibility index (Phi) is 1.94. The maximum absolute atomic E-state index is 10.9. The predicted octanol–water partition coefficient (Wildman–Crippen LogP) is 2.79. The molecule has 0 saturated heterocycles. The summed E-state index contributed by atoms with van der Waals surface area (Å²) in [5.41, 5.74) is 1.53. The van der Waals surface area contributed by atoms with Crippen molar-refractivity contribution >= 4 is 28.6 Å². The molecule has 1 aromatic carbocycles. The summed E-state index contributed by atoms with van der Waals surface area (Å²) in [5, 5.41) is 9.31. The Morgan fingerprint density at radius 3 is 2.88 bits per heavy atom. The normalized spacial score (nSPS) is 15.6. The van der Waals surface area contributed by atoms with E-state index in [1.807, 2.05) is 0 Å². The SMILES string of the molecule is O=C(O)c1cc(Cl)c2[nH]c(C3CC3)nc2c1. The fraction of sp³-hybridized carbons (Fsp3) is 0.273. The molecule has 0 radical (unpaired) electrons. The molecule has 0 bridgehead atoms. The Morgan fingerprint density at radius 1 is 1.50 bits per heavy atom. The third-order valence-electron chi connectivity index (χ3n) is 2.77. The third-order valence-corrected chi connectivity index (χ3v) is 3.07. The van der Waals surface area contributed by atoms with Gasteiger partial charge in [0, 0.05) is 5.92 Å². The van der Waals surface area contributed by atoms with Gasteiger partial charge in [-0.05, 0) is 25.0 Å². The second-order valence-electron chi connectivity index (χ2n) is 4.05. The number of hydrogen-bond donors (Lipinski definition) is 2. The first-order valence-electron chi connectivity index (χ1n) is 5.07. The molecule has 1 heterocycles. The molecule has 0 unspecified atom stereocenters. The summed E-state index contributed by atoms with van der Waals surface area (Å²) in [6.45, 7) is 0. The molecule has 3 rings (SSSR count). The van der Waals surface area contributed by atoms with E-state index in [9.17, 15) is 4.79 Å². The first-order chi connectivity index (χ1) is 7.65. The van der Waals surface area contributed by atoms with Crippen LogP contribution in [0.1, 0.15) is 34.9 Å². The van der Waals surface area contributed by atoms with Gasteiger partial charge in [0.05, 0.1) is 21.6 Å². The van der Waals surface area contributed by atoms with E-state index in [2.05, 4.69) is 9.97 Å². The maximum atomic E-state index is 10.9. The van der Waals surface area contributed by atoms with Gasteiger partial charge in [-0.15, -0.1) is 0 Å². The number of hydrogen-bond acceptors (Lipinski definition) is 2. The molecule has 1 aliphatic carbocycles. The lowest BCUT2D eigenvalue weighted by atomic mass is 10.2. The Bertz CT molecular complexity index is 587. The van der Waals surface area contributed by atoms with Gasteiger partial charge in [-0.2, -0.15) is 0 Å². The zero-order valence-corrected chi connectivity index (χ0v) is 9.08. The molecule has 16 heavy (non-hydrogen) atoms. The highest BCUT2D eigenvalue weighted by atomic mass is 35.5. The number of fused-ring (bicyclic) bond motifs is 1. The fourth-order valence-electron chi connectivity index (χ4n) is 1.76. The van der Waals surface area contributed by atoms with Crippen LogP contribution in [0.4, 0.5) is 0 Å². The van der Waals surface area contributed by atoms with Gasteiger partial charge >= 0.3 is 5.97 Å². The van der Waals surface area contributed by atoms with Gasteiger partial charge in [-0.1, -0.05) is 11.6 Å². The molecule has 1 saturated carbocycles. The number of carboxylic acids is 1. The lowest BCUT2D eigenvalue weighted by Crippen LogP contribution is -1.95. The van der Waals surface area contributed by atoms with Crippen molar-refractivity contribution in [3.8, 4) is 0 Å². The Labute approximate surface area is 96.3 Å². The molecule has 2 aromatic rings. The number of nitrogens with one attached hydrogen (secondary N) is 1. The molecule has 0 spiro atoms. The zero-order chi connectivity index (χ0) is 11.3. The van der Waals surface area contributed by atoms with Crippen molar-refractivity contribution in [2.24, 2.45) is 0 Å². The number of rotatable bonds is 2. The van der Waals surface area contributed by atoms with Gasteiger partial charge in [-0.3, -0.25) is 0 Å². The van der Waals surface area contributed by atoms with Crippen LogP contribution in [0.5, 0.6) is 0 Å². The summed E-state index contributed by atoms with van der Waals surface area (Å²) in [4.78, 5) is 18.4. The lowest BCUT2D eigenvalue weighted by Gasteiger charge is -1.96. The summed E-state index contributed by atoms with van der Waals surface area (Å²) in [5.74, 6) is 0.427. The van der Waals surface area contributed by atoms with E-state index in [0.29, 0.717) is 16.5 Å². The summed E-state index contributed by atoms with van der Waals surface area (Å²) in [7, 11) is 0. The zero-order valence-electron chi connectivity index (χ0n) is 8.33. The second kappa shape index (κ2) is 3.22. The Balaban J connectivity index is 2.21. The largest absolute Gasteiger partial charge is 0.478 e. The van der Waals surface area contributed by atoms with Gasteiger partial charge in [0.25, 0.3) is 0 Å². The van der Waals surface area contributed by atoms with Crippen LogP contribution in [0.15, 0.2) is 12.1 Å². The van der Waals surface area contributed by atoms with Gasteiger partial charge in [0.2, 0.25) is 0 Å². The minimum absolute atomic E-state index is 0.173. The van der Waals surface area contributed by atoms with Crippen molar-refractivity contribution in [3.63, 3.8) is 0 Å². The summed E-state index contributed by atoms with van der Waals surface area (Å²) >= 11 is 6.01. The summed E-state index contributed by atoms with van der Waals surface area (Å²) in [6, 6.07) is 2.99. The number of H-pyrrole nitrogens is 1. The number of benzene rings is 1. The summed E-state index contributed by atoms with van der Waals surface area (Å²) in [6.07, 6.45) is 2.28. The molecule has 0 aliphatic heterocycles. The van der Waals surface area contributed by atoms with Crippen molar-refractivity contribution in [3.05, 3.63) is 28.5 Å². The van der Waals surface area contributed by atoms with Crippen LogP contribution in [0.2, 0.25) is 5.02 Å². The molecule has 82 valence electrons. The third kappa shape index (κ3) is 1.46. The van der Waals surface area contributed by atoms with Crippen LogP contribution in [-0.4, -0.2) is 21.0 Å². The lowest BCUT2D eigenvalue weighted by molar-refractivity contribution is 0.0697. The van der Waals surface area contributed by atoms with Gasteiger partial charge in [0.15, 0.2) is 0 Å². The van der Waals surface area contributed by atoms with Crippen LogP contribution >= 0.6 is 11.6 Å². The molecule has 5 heteroatoms. The monoisotopic (exact) mass is 236 g/mol. The molecule has 1 aromatic heterocycles. The van der Waals surface area contributed by atoms with E-state index < -0.39 is 5.97 Å². The predicted molar refractivity (Wildman–Crippen MR) is 60.0 cm³/mol. The van der Waals surface area contributed by atoms with Crippen molar-refractivity contribution in [2.45, 2.75) is 18.8 Å². The molecular weight excluding hydrogens is 228 g/mol. The van der Waals surface area contributed by atoms with Crippen molar-refractivity contribution in [2.75, 3.05) is 0 Å². The van der Waals surface area contributed by atoms with Gasteiger partial charge in [-0.25, -0.2) is 9.78 Å². The van der Waals surface area contributed by atoms with E-state index in [-0.39, 0.29) is 5.56 Å². The van der Waals surface area contributed by atoms with Crippen LogP contribution < -0.4 is 0 Å². The van der Waals surface area contributed by atoms with E-state index >= 15 is 0 Å². The Hall–Kier alpha value is -1.55. The minimum atomic E-state index is -0.986. The maximum Gasteiger partial charge on any atom is 0.335 e. The van der Waals surface area contributed by atoms with Crippen molar-refractivity contribution < 1.29 is 9.90 Å². The minimum Gasteiger partial charge on any atom is -0.478 e. The number of imidazole rings is 1. The summed E-state index contributed by atoms with van der Waals surface area (Å²) < 4.78 is 0. The smallest absolute Gasteiger partial charge is 0.335 e. The standard InChI is InChI=1S/C11H9ClN2O2/c12-7-3-6(11(15)16)4-8-9(7)14-10(13-8)5-1-2-5/h3-5H,1-2H2,(H,13,14)(H,15,16). The van der Waals surface area contributed by atoms with Crippen LogP contribution in [0.3, 0.4) is 0 Å². The number of aromatic nitrogens is 2. The second-order valence-corrected chi connectivity index (χ2v) is 4.46. The van der Waals surface area contributed by atoms with E-state index in [0.717, 1.165) is 24.2 Å². The molecule has 2 N–H and O–H groups in total. The first-order valence-corrected chi connectivity index (χ1v) is 5.45. The fourth-order valence-corrected chi connectivity index (χ4v) is 2.03. The number of carboxylic acid groups (broad SMARTS) is 1. The molecular formula is C11H9ClN2O2. The molecule has 0 amide bonds. The van der Waals surface area contributed by atoms with Crippen LogP contribution in [-0.2, 0) is 0 Å². The average molecular weight is 237 g/mol. The highest BCUT2D eigenvalue weighted by Gasteiger charge is 2.27. The molecule has 4 nitrogen and oxygen atoms in total. The number of aromatic carboxylic acids is 1. The Morgan fingerprint density at radius 2 is 2.25 bits per heavy atom. The van der Waals surface area contributed by atoms with Gasteiger partial charge < -0.3 is 10.1 Å². The average Bonchev–Trinajstić information content (AvgIpc) is 2.98. The molecule has 1 aliphatic rings. The van der Waals surface area contributed by atoms with Crippen molar-refractivity contribution in [1.82, 2.24) is 9.97 Å². The number of carbonyl (C=O) groups is 1. The van der Waals surface area contributed by atoms with Crippen LogP contribution in [0, 0.1) is 0 Å². The van der Waals surface area contributed by atoms with E-state index in [4.69, 9.17) is 16.7 Å². The van der Waals surface area contributed by atoms with E-state index in [1.165, 1.54) is 6.07 Å². The quantitative estimate of drug-likeness (QED) is 0.843. The van der Waals surface area contributed by atoms with Crippen molar-refractivity contribution in [1.29, 1.82) is 0 Å². The number of nitrogens with zero attached hydrogens (tertiary/aromatic N) is 1. The van der Waals surface area contributed by atoms with E-state index in [1.54, 1.807) is 6.07 Å². The molecule has 0 atom stereocenters. The number of aromatic amines is 1. The van der Waals surface area contributed by atoms with Gasteiger partial charge in [0.1, 0.15) is 5.82 Å². The van der Waals surface area contributed by atoms with Crippen LogP contribution in [0.25, 0.3) is 11.0 Å². The molecule has 1 fully saturated rings. The highest BCUT2D eigenvalue weighted by Crippen LogP contribution is 2.39.